The summed E-state index contributed by atoms with van der Waals surface area (Å²) in [5, 5.41) is 28.2. The average molecular weight is 194 g/mol. The van der Waals surface area contributed by atoms with E-state index in [1.54, 1.807) is 6.07 Å². The molecule has 76 valence electrons. The van der Waals surface area contributed by atoms with Gasteiger partial charge in [-0.2, -0.15) is 0 Å². The van der Waals surface area contributed by atoms with Crippen LogP contribution in [-0.2, 0) is 0 Å². The SMILES string of the molecule is C=C(O)c1ccc(C(C)C)c(O)c1O. The lowest BCUT2D eigenvalue weighted by Gasteiger charge is -2.11. The van der Waals surface area contributed by atoms with Crippen molar-refractivity contribution in [3.63, 3.8) is 0 Å². The third-order valence-corrected chi connectivity index (χ3v) is 2.12. The molecule has 0 saturated carbocycles. The minimum atomic E-state index is -0.316. The van der Waals surface area contributed by atoms with Crippen LogP contribution >= 0.6 is 0 Å². The van der Waals surface area contributed by atoms with Crippen molar-refractivity contribution in [2.24, 2.45) is 0 Å². The van der Waals surface area contributed by atoms with Gasteiger partial charge in [-0.3, -0.25) is 0 Å². The maximum atomic E-state index is 9.60. The van der Waals surface area contributed by atoms with Crippen molar-refractivity contribution in [1.29, 1.82) is 0 Å². The first-order valence-corrected chi connectivity index (χ1v) is 4.38. The largest absolute Gasteiger partial charge is 0.508 e. The molecule has 0 radical (unpaired) electrons. The number of aromatic hydroxyl groups is 2. The van der Waals surface area contributed by atoms with Gasteiger partial charge in [0.15, 0.2) is 11.5 Å². The van der Waals surface area contributed by atoms with Crippen LogP contribution in [0.1, 0.15) is 30.9 Å². The van der Waals surface area contributed by atoms with Crippen molar-refractivity contribution in [1.82, 2.24) is 0 Å². The van der Waals surface area contributed by atoms with E-state index in [1.807, 2.05) is 13.8 Å². The first-order valence-electron chi connectivity index (χ1n) is 4.38. The number of hydrogen-bond acceptors (Lipinski definition) is 3. The Kier molecular flexibility index (Phi) is 2.70. The summed E-state index contributed by atoms with van der Waals surface area (Å²) in [6.45, 7) is 7.10. The molecule has 0 heterocycles. The van der Waals surface area contributed by atoms with Crippen LogP contribution in [0.5, 0.6) is 11.5 Å². The van der Waals surface area contributed by atoms with Crippen LogP contribution in [0.2, 0.25) is 0 Å². The Balaban J connectivity index is 3.33. The lowest BCUT2D eigenvalue weighted by Crippen LogP contribution is -1.91. The second kappa shape index (κ2) is 3.62. The van der Waals surface area contributed by atoms with E-state index in [2.05, 4.69) is 6.58 Å². The zero-order valence-electron chi connectivity index (χ0n) is 8.28. The van der Waals surface area contributed by atoms with Crippen molar-refractivity contribution in [2.45, 2.75) is 19.8 Å². The summed E-state index contributed by atoms with van der Waals surface area (Å²) in [6, 6.07) is 3.20. The van der Waals surface area contributed by atoms with Crippen LogP contribution in [0.3, 0.4) is 0 Å². The first-order chi connectivity index (χ1) is 6.45. The molecule has 0 unspecified atom stereocenters. The van der Waals surface area contributed by atoms with Crippen LogP contribution in [0.4, 0.5) is 0 Å². The molecule has 0 fully saturated rings. The predicted molar refractivity (Wildman–Crippen MR) is 55.5 cm³/mol. The Morgan fingerprint density at radius 3 is 2.21 bits per heavy atom. The van der Waals surface area contributed by atoms with E-state index in [1.165, 1.54) is 6.07 Å². The molecule has 0 aliphatic heterocycles. The number of hydrogen-bond donors (Lipinski definition) is 3. The standard InChI is InChI=1S/C11H14O3/c1-6(2)8-4-5-9(7(3)12)11(14)10(8)13/h4-6,12-14H,3H2,1-2H3. The number of phenols is 2. The lowest BCUT2D eigenvalue weighted by molar-refractivity contribution is 0.393. The molecule has 3 N–H and O–H groups in total. The zero-order chi connectivity index (χ0) is 10.9. The Hall–Kier alpha value is -1.64. The van der Waals surface area contributed by atoms with Gasteiger partial charge in [-0.05, 0) is 12.0 Å². The molecule has 0 aliphatic rings. The van der Waals surface area contributed by atoms with E-state index < -0.39 is 0 Å². The van der Waals surface area contributed by atoms with Gasteiger partial charge in [0.2, 0.25) is 0 Å². The molecule has 1 rings (SSSR count). The van der Waals surface area contributed by atoms with Gasteiger partial charge in [-0.15, -0.1) is 0 Å². The van der Waals surface area contributed by atoms with E-state index in [0.717, 1.165) is 0 Å². The van der Waals surface area contributed by atoms with Gasteiger partial charge >= 0.3 is 0 Å². The fraction of sp³-hybridized carbons (Fsp3) is 0.273. The van der Waals surface area contributed by atoms with Gasteiger partial charge in [-0.1, -0.05) is 26.5 Å². The third kappa shape index (κ3) is 1.66. The smallest absolute Gasteiger partial charge is 0.168 e. The maximum absolute atomic E-state index is 9.60. The molecule has 0 aliphatic carbocycles. The molecule has 0 bridgehead atoms. The summed E-state index contributed by atoms with van der Waals surface area (Å²) in [4.78, 5) is 0. The topological polar surface area (TPSA) is 60.7 Å². The highest BCUT2D eigenvalue weighted by Crippen LogP contribution is 2.38. The third-order valence-electron chi connectivity index (χ3n) is 2.12. The van der Waals surface area contributed by atoms with Crippen molar-refractivity contribution in [2.75, 3.05) is 0 Å². The maximum Gasteiger partial charge on any atom is 0.168 e. The number of aliphatic hydroxyl groups is 1. The Bertz CT molecular complexity index is 367. The molecule has 0 spiro atoms. The Morgan fingerprint density at radius 1 is 1.21 bits per heavy atom. The van der Waals surface area contributed by atoms with E-state index in [9.17, 15) is 10.2 Å². The van der Waals surface area contributed by atoms with Gasteiger partial charge in [0.1, 0.15) is 5.76 Å². The van der Waals surface area contributed by atoms with E-state index >= 15 is 0 Å². The second-order valence-corrected chi connectivity index (χ2v) is 3.50. The van der Waals surface area contributed by atoms with Gasteiger partial charge in [-0.25, -0.2) is 0 Å². The fourth-order valence-electron chi connectivity index (χ4n) is 1.29. The number of rotatable bonds is 2. The van der Waals surface area contributed by atoms with Crippen LogP contribution in [0.25, 0.3) is 5.76 Å². The fourth-order valence-corrected chi connectivity index (χ4v) is 1.29. The molecule has 1 aromatic rings. The normalized spacial score (nSPS) is 10.5. The van der Waals surface area contributed by atoms with Crippen LogP contribution in [0.15, 0.2) is 18.7 Å². The first kappa shape index (κ1) is 10.4. The molecule has 0 saturated heterocycles. The minimum Gasteiger partial charge on any atom is -0.508 e. The number of benzene rings is 1. The minimum absolute atomic E-state index is 0.113. The van der Waals surface area contributed by atoms with Gasteiger partial charge in [0, 0.05) is 5.56 Å². The molecular formula is C11H14O3. The molecule has 3 heteroatoms. The molecule has 0 aromatic heterocycles. The lowest BCUT2D eigenvalue weighted by atomic mass is 9.99. The van der Waals surface area contributed by atoms with Crippen molar-refractivity contribution >= 4 is 5.76 Å². The van der Waals surface area contributed by atoms with Gasteiger partial charge < -0.3 is 15.3 Å². The van der Waals surface area contributed by atoms with Crippen molar-refractivity contribution < 1.29 is 15.3 Å². The summed E-state index contributed by atoms with van der Waals surface area (Å²) in [5.41, 5.74) is 0.805. The molecule has 14 heavy (non-hydrogen) atoms. The molecule has 0 amide bonds. The summed E-state index contributed by atoms with van der Waals surface area (Å²) in [5.74, 6) is -0.647. The summed E-state index contributed by atoms with van der Waals surface area (Å²) < 4.78 is 0. The Labute approximate surface area is 82.9 Å². The molecule has 0 atom stereocenters. The monoisotopic (exact) mass is 194 g/mol. The second-order valence-electron chi connectivity index (χ2n) is 3.50. The van der Waals surface area contributed by atoms with Crippen LogP contribution in [-0.4, -0.2) is 15.3 Å². The molecule has 1 aromatic carbocycles. The predicted octanol–water partition coefficient (Wildman–Crippen LogP) is 2.75. The summed E-state index contributed by atoms with van der Waals surface area (Å²) >= 11 is 0. The van der Waals surface area contributed by atoms with Crippen LogP contribution < -0.4 is 0 Å². The highest BCUT2D eigenvalue weighted by molar-refractivity contribution is 5.67. The average Bonchev–Trinajstić information content (AvgIpc) is 2.08. The molecule has 3 nitrogen and oxygen atoms in total. The van der Waals surface area contributed by atoms with Gasteiger partial charge in [0.25, 0.3) is 0 Å². The highest BCUT2D eigenvalue weighted by atomic mass is 16.3. The molecular weight excluding hydrogens is 180 g/mol. The summed E-state index contributed by atoms with van der Waals surface area (Å²) in [7, 11) is 0. The summed E-state index contributed by atoms with van der Waals surface area (Å²) in [6.07, 6.45) is 0. The van der Waals surface area contributed by atoms with Crippen LogP contribution in [0, 0.1) is 0 Å². The van der Waals surface area contributed by atoms with Gasteiger partial charge in [0.05, 0.1) is 5.56 Å². The zero-order valence-corrected chi connectivity index (χ0v) is 8.28. The number of aliphatic hydroxyl groups excluding tert-OH is 1. The van der Waals surface area contributed by atoms with E-state index in [-0.39, 0.29) is 28.7 Å². The number of phenolic OH excluding ortho intramolecular Hbond substituents is 2. The quantitative estimate of drug-likeness (QED) is 0.501. The van der Waals surface area contributed by atoms with E-state index in [4.69, 9.17) is 5.11 Å². The Morgan fingerprint density at radius 2 is 1.79 bits per heavy atom. The van der Waals surface area contributed by atoms with E-state index in [0.29, 0.717) is 5.56 Å². The van der Waals surface area contributed by atoms with Crippen molar-refractivity contribution in [3.05, 3.63) is 29.8 Å². The van der Waals surface area contributed by atoms with Crippen molar-refractivity contribution in [3.8, 4) is 11.5 Å². The highest BCUT2D eigenvalue weighted by Gasteiger charge is 2.14.